The van der Waals surface area contributed by atoms with Crippen molar-refractivity contribution < 1.29 is 18.3 Å². The van der Waals surface area contributed by atoms with E-state index in [9.17, 15) is 13.2 Å². The van der Waals surface area contributed by atoms with Crippen molar-refractivity contribution >= 4 is 28.2 Å². The molecule has 0 saturated carbocycles. The van der Waals surface area contributed by atoms with Crippen molar-refractivity contribution in [2.24, 2.45) is 5.41 Å². The fourth-order valence-corrected chi connectivity index (χ4v) is 4.14. The van der Waals surface area contributed by atoms with E-state index in [4.69, 9.17) is 5.11 Å². The summed E-state index contributed by atoms with van der Waals surface area (Å²) in [6.45, 7) is 0.638. The number of carboxylic acid groups (broad SMARTS) is 1. The van der Waals surface area contributed by atoms with Gasteiger partial charge in [-0.1, -0.05) is 0 Å². The van der Waals surface area contributed by atoms with Crippen LogP contribution in [0.25, 0.3) is 0 Å². The molecule has 1 spiro atoms. The van der Waals surface area contributed by atoms with Gasteiger partial charge < -0.3 is 10.4 Å². The average molecular weight is 270 g/mol. The molecule has 16 heavy (non-hydrogen) atoms. The van der Waals surface area contributed by atoms with Crippen molar-refractivity contribution in [3.8, 4) is 0 Å². The zero-order valence-corrected chi connectivity index (χ0v) is 10.4. The SMILES string of the molecule is Cl.O=C(O)C1CC2(CCS(=O)(=O)CC2)CN1. The average Bonchev–Trinajstić information content (AvgIpc) is 2.56. The van der Waals surface area contributed by atoms with Gasteiger partial charge in [0.05, 0.1) is 11.5 Å². The Morgan fingerprint density at radius 2 is 1.88 bits per heavy atom. The maximum Gasteiger partial charge on any atom is 0.320 e. The summed E-state index contributed by atoms with van der Waals surface area (Å²) in [5.41, 5.74) is -0.0889. The Hall–Kier alpha value is -0.330. The quantitative estimate of drug-likeness (QED) is 0.703. The first-order valence-electron chi connectivity index (χ1n) is 5.09. The van der Waals surface area contributed by atoms with Gasteiger partial charge in [0.15, 0.2) is 0 Å². The fraction of sp³-hybridized carbons (Fsp3) is 0.889. The Morgan fingerprint density at radius 1 is 1.31 bits per heavy atom. The largest absolute Gasteiger partial charge is 0.480 e. The molecular weight excluding hydrogens is 254 g/mol. The Bertz CT molecular complexity index is 367. The molecule has 2 saturated heterocycles. The molecule has 2 aliphatic heterocycles. The summed E-state index contributed by atoms with van der Waals surface area (Å²) >= 11 is 0. The third-order valence-corrected chi connectivity index (χ3v) is 5.20. The molecule has 0 aliphatic carbocycles. The maximum atomic E-state index is 11.3. The van der Waals surface area contributed by atoms with Crippen molar-refractivity contribution in [1.82, 2.24) is 5.32 Å². The second kappa shape index (κ2) is 4.50. The summed E-state index contributed by atoms with van der Waals surface area (Å²) in [5.74, 6) is -0.414. The number of rotatable bonds is 1. The van der Waals surface area contributed by atoms with E-state index in [1.165, 1.54) is 0 Å². The molecule has 2 N–H and O–H groups in total. The van der Waals surface area contributed by atoms with Crippen LogP contribution in [0.3, 0.4) is 0 Å². The van der Waals surface area contributed by atoms with E-state index >= 15 is 0 Å². The van der Waals surface area contributed by atoms with Crippen LogP contribution in [0.4, 0.5) is 0 Å². The van der Waals surface area contributed by atoms with Gasteiger partial charge in [-0.05, 0) is 24.7 Å². The van der Waals surface area contributed by atoms with Crippen LogP contribution in [-0.2, 0) is 14.6 Å². The second-order valence-electron chi connectivity index (χ2n) is 4.63. The lowest BCUT2D eigenvalue weighted by atomic mass is 9.80. The zero-order chi connectivity index (χ0) is 11.1. The summed E-state index contributed by atoms with van der Waals surface area (Å²) in [7, 11) is -2.86. The molecule has 0 bridgehead atoms. The first-order chi connectivity index (χ1) is 6.93. The van der Waals surface area contributed by atoms with Crippen LogP contribution < -0.4 is 5.32 Å². The molecule has 2 fully saturated rings. The first-order valence-corrected chi connectivity index (χ1v) is 6.91. The van der Waals surface area contributed by atoms with Crippen LogP contribution in [-0.4, -0.2) is 43.6 Å². The Labute approximate surface area is 101 Å². The van der Waals surface area contributed by atoms with Crippen molar-refractivity contribution in [1.29, 1.82) is 0 Å². The zero-order valence-electron chi connectivity index (χ0n) is 8.81. The minimum Gasteiger partial charge on any atom is -0.480 e. The summed E-state index contributed by atoms with van der Waals surface area (Å²) < 4.78 is 22.5. The highest BCUT2D eigenvalue weighted by molar-refractivity contribution is 7.91. The van der Waals surface area contributed by atoms with Gasteiger partial charge in [-0.25, -0.2) is 8.42 Å². The highest BCUT2D eigenvalue weighted by atomic mass is 35.5. The summed E-state index contributed by atoms with van der Waals surface area (Å²) in [4.78, 5) is 10.8. The highest BCUT2D eigenvalue weighted by Gasteiger charge is 2.44. The summed E-state index contributed by atoms with van der Waals surface area (Å²) in [6.07, 6.45) is 1.77. The van der Waals surface area contributed by atoms with E-state index in [1.807, 2.05) is 0 Å². The van der Waals surface area contributed by atoms with Crippen LogP contribution in [0.2, 0.25) is 0 Å². The molecule has 0 aromatic carbocycles. The van der Waals surface area contributed by atoms with Crippen LogP contribution in [0.1, 0.15) is 19.3 Å². The minimum atomic E-state index is -2.86. The predicted octanol–water partition coefficient (Wildman–Crippen LogP) is 0.0497. The summed E-state index contributed by atoms with van der Waals surface area (Å²) in [6, 6.07) is -0.495. The van der Waals surface area contributed by atoms with E-state index in [-0.39, 0.29) is 29.3 Å². The molecule has 0 aromatic rings. The van der Waals surface area contributed by atoms with Crippen LogP contribution in [0.15, 0.2) is 0 Å². The molecule has 0 amide bonds. The van der Waals surface area contributed by atoms with E-state index in [0.717, 1.165) is 0 Å². The van der Waals surface area contributed by atoms with E-state index in [2.05, 4.69) is 5.32 Å². The van der Waals surface area contributed by atoms with Gasteiger partial charge in [-0.2, -0.15) is 0 Å². The molecule has 2 aliphatic rings. The molecular formula is C9H16ClNO4S. The Balaban J connectivity index is 0.00000128. The van der Waals surface area contributed by atoms with Gasteiger partial charge >= 0.3 is 5.97 Å². The maximum absolute atomic E-state index is 11.3. The number of nitrogens with one attached hydrogen (secondary N) is 1. The lowest BCUT2D eigenvalue weighted by molar-refractivity contribution is -0.139. The molecule has 1 atom stereocenters. The van der Waals surface area contributed by atoms with Crippen LogP contribution >= 0.6 is 12.4 Å². The van der Waals surface area contributed by atoms with Crippen LogP contribution in [0, 0.1) is 5.41 Å². The molecule has 1 unspecified atom stereocenters. The standard InChI is InChI=1S/C9H15NO4S.ClH/c11-8(12)7-5-9(6-10-7)1-3-15(13,14)4-2-9;/h7,10H,1-6H2,(H,11,12);1H. The first kappa shape index (κ1) is 13.7. The number of carbonyl (C=O) groups is 1. The summed E-state index contributed by atoms with van der Waals surface area (Å²) in [5, 5.41) is 11.8. The monoisotopic (exact) mass is 269 g/mol. The van der Waals surface area contributed by atoms with Crippen LogP contribution in [0.5, 0.6) is 0 Å². The smallest absolute Gasteiger partial charge is 0.320 e. The number of halogens is 1. The van der Waals surface area contributed by atoms with Gasteiger partial charge in [0.1, 0.15) is 15.9 Å². The second-order valence-corrected chi connectivity index (χ2v) is 6.93. The topological polar surface area (TPSA) is 83.5 Å². The van der Waals surface area contributed by atoms with E-state index < -0.39 is 21.8 Å². The van der Waals surface area contributed by atoms with Crippen molar-refractivity contribution in [3.05, 3.63) is 0 Å². The van der Waals surface area contributed by atoms with Gasteiger partial charge in [-0.3, -0.25) is 4.79 Å². The third kappa shape index (κ3) is 2.67. The van der Waals surface area contributed by atoms with Crippen molar-refractivity contribution in [3.63, 3.8) is 0 Å². The Morgan fingerprint density at radius 3 is 2.31 bits per heavy atom. The molecule has 2 heterocycles. The molecule has 0 aromatic heterocycles. The number of carboxylic acids is 1. The van der Waals surface area contributed by atoms with Gasteiger partial charge in [-0.15, -0.1) is 12.4 Å². The number of hydrogen-bond donors (Lipinski definition) is 2. The lowest BCUT2D eigenvalue weighted by Crippen LogP contribution is -2.35. The normalized spacial score (nSPS) is 30.9. The number of sulfone groups is 1. The van der Waals surface area contributed by atoms with E-state index in [0.29, 0.717) is 25.8 Å². The third-order valence-electron chi connectivity index (χ3n) is 3.55. The van der Waals surface area contributed by atoms with Crippen molar-refractivity contribution in [2.45, 2.75) is 25.3 Å². The fourth-order valence-electron chi connectivity index (χ4n) is 2.44. The van der Waals surface area contributed by atoms with Gasteiger partial charge in [0, 0.05) is 6.54 Å². The molecule has 94 valence electrons. The predicted molar refractivity (Wildman–Crippen MR) is 61.6 cm³/mol. The number of hydrogen-bond acceptors (Lipinski definition) is 4. The molecule has 0 radical (unpaired) electrons. The number of aliphatic carboxylic acids is 1. The molecule has 7 heteroatoms. The lowest BCUT2D eigenvalue weighted by Gasteiger charge is -2.32. The van der Waals surface area contributed by atoms with Gasteiger partial charge in [0.2, 0.25) is 0 Å². The Kier molecular flexibility index (Phi) is 3.87. The van der Waals surface area contributed by atoms with Gasteiger partial charge in [0.25, 0.3) is 0 Å². The molecule has 5 nitrogen and oxygen atoms in total. The molecule has 2 rings (SSSR count). The highest BCUT2D eigenvalue weighted by Crippen LogP contribution is 2.39. The van der Waals surface area contributed by atoms with E-state index in [1.54, 1.807) is 0 Å². The van der Waals surface area contributed by atoms with Crippen molar-refractivity contribution in [2.75, 3.05) is 18.1 Å². The minimum absolute atomic E-state index is 0.